The van der Waals surface area contributed by atoms with E-state index in [0.717, 1.165) is 0 Å². The lowest BCUT2D eigenvalue weighted by molar-refractivity contribution is -0.137. The van der Waals surface area contributed by atoms with Crippen molar-refractivity contribution in [2.24, 2.45) is 0 Å². The second kappa shape index (κ2) is 5.25. The number of nitrogens with one attached hydrogen (secondary N) is 1. The van der Waals surface area contributed by atoms with Gasteiger partial charge in [-0.3, -0.25) is 9.59 Å². The first kappa shape index (κ1) is 12.7. The van der Waals surface area contributed by atoms with Crippen LogP contribution in [0.5, 0.6) is 0 Å². The van der Waals surface area contributed by atoms with E-state index in [4.69, 9.17) is 4.42 Å². The fraction of sp³-hybridized carbons (Fsp3) is 0.538. The maximum atomic E-state index is 12.1. The first-order valence-electron chi connectivity index (χ1n) is 6.21. The largest absolute Gasteiger partial charge is 0.467 e. The molecule has 1 aromatic heterocycles. The van der Waals surface area contributed by atoms with Crippen LogP contribution in [0.3, 0.4) is 0 Å². The highest BCUT2D eigenvalue weighted by atomic mass is 16.3. The molecule has 1 aliphatic heterocycles. The topological polar surface area (TPSA) is 62.6 Å². The zero-order chi connectivity index (χ0) is 13.1. The standard InChI is InChI=1S/C13H18N2O3/c1-9(2)15-11(5-6-12(15)16)13(17)14-8-10-4-3-7-18-10/h3-4,7,9,11H,5-6,8H2,1-2H3,(H,14,17). The molecular weight excluding hydrogens is 232 g/mol. The SMILES string of the molecule is CC(C)N1C(=O)CCC1C(=O)NCc1ccco1. The maximum absolute atomic E-state index is 12.1. The molecule has 0 saturated carbocycles. The Morgan fingerprint density at radius 3 is 3.00 bits per heavy atom. The molecule has 1 N–H and O–H groups in total. The molecule has 0 spiro atoms. The number of rotatable bonds is 4. The van der Waals surface area contributed by atoms with E-state index in [1.165, 1.54) is 0 Å². The molecule has 1 aromatic rings. The van der Waals surface area contributed by atoms with Crippen molar-refractivity contribution in [2.45, 2.75) is 45.3 Å². The van der Waals surface area contributed by atoms with Crippen molar-refractivity contribution in [1.82, 2.24) is 10.2 Å². The molecule has 18 heavy (non-hydrogen) atoms. The fourth-order valence-electron chi connectivity index (χ4n) is 2.31. The third-order valence-corrected chi connectivity index (χ3v) is 3.13. The van der Waals surface area contributed by atoms with Crippen LogP contribution in [0.4, 0.5) is 0 Å². The molecule has 1 aliphatic rings. The summed E-state index contributed by atoms with van der Waals surface area (Å²) in [5.41, 5.74) is 0. The lowest BCUT2D eigenvalue weighted by Crippen LogP contribution is -2.47. The van der Waals surface area contributed by atoms with Gasteiger partial charge in [-0.05, 0) is 32.4 Å². The van der Waals surface area contributed by atoms with Gasteiger partial charge in [-0.1, -0.05) is 0 Å². The van der Waals surface area contributed by atoms with E-state index >= 15 is 0 Å². The van der Waals surface area contributed by atoms with Crippen LogP contribution in [0, 0.1) is 0 Å². The third-order valence-electron chi connectivity index (χ3n) is 3.13. The minimum Gasteiger partial charge on any atom is -0.467 e. The minimum atomic E-state index is -0.340. The Labute approximate surface area is 106 Å². The molecule has 0 aliphatic carbocycles. The van der Waals surface area contributed by atoms with Crippen LogP contribution in [0.1, 0.15) is 32.4 Å². The summed E-state index contributed by atoms with van der Waals surface area (Å²) in [6, 6.07) is 3.30. The highest BCUT2D eigenvalue weighted by Crippen LogP contribution is 2.21. The van der Waals surface area contributed by atoms with E-state index in [-0.39, 0.29) is 23.9 Å². The molecule has 2 rings (SSSR count). The Hall–Kier alpha value is -1.78. The zero-order valence-corrected chi connectivity index (χ0v) is 10.7. The van der Waals surface area contributed by atoms with Gasteiger partial charge in [0.05, 0.1) is 12.8 Å². The van der Waals surface area contributed by atoms with Gasteiger partial charge in [-0.2, -0.15) is 0 Å². The smallest absolute Gasteiger partial charge is 0.243 e. The molecule has 0 bridgehead atoms. The maximum Gasteiger partial charge on any atom is 0.243 e. The average Bonchev–Trinajstić information content (AvgIpc) is 2.94. The van der Waals surface area contributed by atoms with E-state index < -0.39 is 0 Å². The molecule has 1 unspecified atom stereocenters. The van der Waals surface area contributed by atoms with Crippen molar-refractivity contribution in [1.29, 1.82) is 0 Å². The first-order chi connectivity index (χ1) is 8.59. The molecule has 2 amide bonds. The number of hydrogen-bond acceptors (Lipinski definition) is 3. The normalized spacial score (nSPS) is 19.6. The Bertz CT molecular complexity index is 425. The Kier molecular flexibility index (Phi) is 3.69. The number of carbonyl (C=O) groups excluding carboxylic acids is 2. The summed E-state index contributed by atoms with van der Waals surface area (Å²) in [5.74, 6) is 0.665. The molecule has 5 nitrogen and oxygen atoms in total. The van der Waals surface area contributed by atoms with Gasteiger partial charge in [0.1, 0.15) is 11.8 Å². The van der Waals surface area contributed by atoms with Crippen LogP contribution in [-0.4, -0.2) is 28.8 Å². The van der Waals surface area contributed by atoms with Gasteiger partial charge in [0, 0.05) is 12.5 Å². The fourth-order valence-corrected chi connectivity index (χ4v) is 2.31. The molecule has 0 aromatic carbocycles. The monoisotopic (exact) mass is 250 g/mol. The third kappa shape index (κ3) is 2.55. The number of likely N-dealkylation sites (tertiary alicyclic amines) is 1. The van der Waals surface area contributed by atoms with Crippen molar-refractivity contribution in [2.75, 3.05) is 0 Å². The van der Waals surface area contributed by atoms with Crippen LogP contribution in [0.15, 0.2) is 22.8 Å². The predicted octanol–water partition coefficient (Wildman–Crippen LogP) is 1.30. The van der Waals surface area contributed by atoms with Crippen LogP contribution in [-0.2, 0) is 16.1 Å². The average molecular weight is 250 g/mol. The summed E-state index contributed by atoms with van der Waals surface area (Å²) < 4.78 is 5.15. The lowest BCUT2D eigenvalue weighted by atomic mass is 10.2. The predicted molar refractivity (Wildman–Crippen MR) is 65.6 cm³/mol. The van der Waals surface area contributed by atoms with Gasteiger partial charge in [0.2, 0.25) is 11.8 Å². The summed E-state index contributed by atoms with van der Waals surface area (Å²) in [6.07, 6.45) is 2.62. The molecule has 2 heterocycles. The van der Waals surface area contributed by atoms with Crippen LogP contribution < -0.4 is 5.32 Å². The highest BCUT2D eigenvalue weighted by molar-refractivity contribution is 5.91. The summed E-state index contributed by atoms with van der Waals surface area (Å²) in [4.78, 5) is 25.4. The number of furan rings is 1. The van der Waals surface area contributed by atoms with E-state index in [9.17, 15) is 9.59 Å². The van der Waals surface area contributed by atoms with Gasteiger partial charge in [-0.25, -0.2) is 0 Å². The summed E-state index contributed by atoms with van der Waals surface area (Å²) in [7, 11) is 0. The van der Waals surface area contributed by atoms with E-state index in [1.54, 1.807) is 23.3 Å². The quantitative estimate of drug-likeness (QED) is 0.876. The summed E-state index contributed by atoms with van der Waals surface area (Å²) in [6.45, 7) is 4.22. The molecule has 5 heteroatoms. The van der Waals surface area contributed by atoms with Crippen molar-refractivity contribution in [3.63, 3.8) is 0 Å². The Morgan fingerprint density at radius 1 is 1.61 bits per heavy atom. The van der Waals surface area contributed by atoms with Gasteiger partial charge in [0.25, 0.3) is 0 Å². The molecule has 1 fully saturated rings. The summed E-state index contributed by atoms with van der Waals surface area (Å²) in [5, 5.41) is 2.81. The lowest BCUT2D eigenvalue weighted by Gasteiger charge is -2.27. The number of hydrogen-bond donors (Lipinski definition) is 1. The van der Waals surface area contributed by atoms with Crippen molar-refractivity contribution in [3.05, 3.63) is 24.2 Å². The van der Waals surface area contributed by atoms with Gasteiger partial charge in [0.15, 0.2) is 0 Å². The second-order valence-corrected chi connectivity index (χ2v) is 4.75. The van der Waals surface area contributed by atoms with Gasteiger partial charge < -0.3 is 14.6 Å². The van der Waals surface area contributed by atoms with Crippen molar-refractivity contribution in [3.8, 4) is 0 Å². The second-order valence-electron chi connectivity index (χ2n) is 4.75. The first-order valence-corrected chi connectivity index (χ1v) is 6.21. The molecule has 98 valence electrons. The zero-order valence-electron chi connectivity index (χ0n) is 10.7. The highest BCUT2D eigenvalue weighted by Gasteiger charge is 2.37. The van der Waals surface area contributed by atoms with E-state index in [2.05, 4.69) is 5.32 Å². The van der Waals surface area contributed by atoms with Crippen LogP contribution in [0.25, 0.3) is 0 Å². The van der Waals surface area contributed by atoms with Crippen LogP contribution >= 0.6 is 0 Å². The number of carbonyl (C=O) groups is 2. The van der Waals surface area contributed by atoms with Crippen molar-refractivity contribution >= 4 is 11.8 Å². The molecule has 1 atom stereocenters. The van der Waals surface area contributed by atoms with Gasteiger partial charge >= 0.3 is 0 Å². The number of amides is 2. The molecule has 0 radical (unpaired) electrons. The minimum absolute atomic E-state index is 0.0550. The van der Waals surface area contributed by atoms with E-state index in [0.29, 0.717) is 25.1 Å². The van der Waals surface area contributed by atoms with Crippen LogP contribution in [0.2, 0.25) is 0 Å². The van der Waals surface area contributed by atoms with Gasteiger partial charge in [-0.15, -0.1) is 0 Å². The molecule has 1 saturated heterocycles. The Balaban J connectivity index is 1.94. The van der Waals surface area contributed by atoms with E-state index in [1.807, 2.05) is 13.8 Å². The Morgan fingerprint density at radius 2 is 2.39 bits per heavy atom. The number of nitrogens with zero attached hydrogens (tertiary/aromatic N) is 1. The molecular formula is C13H18N2O3. The summed E-state index contributed by atoms with van der Waals surface area (Å²) >= 11 is 0. The van der Waals surface area contributed by atoms with Crippen molar-refractivity contribution < 1.29 is 14.0 Å².